The quantitative estimate of drug-likeness (QED) is 0.141. The van der Waals surface area contributed by atoms with Gasteiger partial charge in [-0.2, -0.15) is 0 Å². The summed E-state index contributed by atoms with van der Waals surface area (Å²) in [4.78, 5) is 12.0. The maximum Gasteiger partial charge on any atom is 0.161 e. The SMILES string of the molecule is C.C.C.C.C.C.C.C.C.CC1CCC(C)CC1.CC1CCC(C)OC1.CC1COC(C)OC1.Cc1ccc(C)c(F)c1.Cc1ccc(C)c(F)c1.Cc1ccc(C)c(F)c1F.Cc1ccc(C)cc1.Cc1ccc(C)nc1.Cc1cnc(C)nc1. The van der Waals surface area contributed by atoms with Gasteiger partial charge in [-0.3, -0.25) is 4.98 Å². The second kappa shape index (κ2) is 55.3. The Morgan fingerprint density at radius 2 is 0.647 bits per heavy atom. The van der Waals surface area contributed by atoms with Gasteiger partial charge in [0.1, 0.15) is 17.5 Å². The highest BCUT2D eigenvalue weighted by Crippen LogP contribution is 2.27. The minimum Gasteiger partial charge on any atom is -0.378 e. The minimum atomic E-state index is -0.736. The summed E-state index contributed by atoms with van der Waals surface area (Å²) >= 11 is 0. The molecule has 3 fully saturated rings. The molecule has 1 saturated carbocycles. The van der Waals surface area contributed by atoms with Crippen molar-refractivity contribution >= 4 is 0 Å². The zero-order valence-corrected chi connectivity index (χ0v) is 49.7. The fraction of sp³-hybridized carbons (Fsp3) is 0.560. The minimum absolute atomic E-state index is 0. The number of pyridine rings is 1. The van der Waals surface area contributed by atoms with Gasteiger partial charge in [0.15, 0.2) is 17.9 Å². The first-order valence-corrected chi connectivity index (χ1v) is 27.1. The lowest BCUT2D eigenvalue weighted by Gasteiger charge is -2.24. The van der Waals surface area contributed by atoms with Crippen molar-refractivity contribution in [1.82, 2.24) is 15.0 Å². The fourth-order valence-electron chi connectivity index (χ4n) is 6.91. The molecule has 2 unspecified atom stereocenters. The Bertz CT molecular complexity index is 2120. The van der Waals surface area contributed by atoms with Crippen LogP contribution in [0, 0.1) is 130 Å². The van der Waals surface area contributed by atoms with Crippen LogP contribution in [0.1, 0.15) is 214 Å². The summed E-state index contributed by atoms with van der Waals surface area (Å²) in [5, 5.41) is 0. The van der Waals surface area contributed by atoms with Gasteiger partial charge >= 0.3 is 0 Å². The summed E-state index contributed by atoms with van der Waals surface area (Å²) in [5.41, 5.74) is 10.1. The van der Waals surface area contributed by atoms with Crippen molar-refractivity contribution in [2.45, 2.75) is 242 Å². The number of hydrogen-bond donors (Lipinski definition) is 0. The molecule has 85 heavy (non-hydrogen) atoms. The molecule has 1 aliphatic carbocycles. The van der Waals surface area contributed by atoms with Crippen molar-refractivity contribution in [3.8, 4) is 0 Å². The molecule has 0 spiro atoms. The summed E-state index contributed by atoms with van der Waals surface area (Å²) in [6.07, 6.45) is 14.5. The molecule has 4 aromatic carbocycles. The van der Waals surface area contributed by atoms with Gasteiger partial charge in [-0.1, -0.05) is 198 Å². The van der Waals surface area contributed by atoms with E-state index in [-0.39, 0.29) is 84.8 Å². The van der Waals surface area contributed by atoms with Crippen LogP contribution >= 0.6 is 0 Å². The van der Waals surface area contributed by atoms with Gasteiger partial charge in [0, 0.05) is 36.8 Å². The summed E-state index contributed by atoms with van der Waals surface area (Å²) < 4.78 is 66.1. The van der Waals surface area contributed by atoms with Crippen molar-refractivity contribution in [2.75, 3.05) is 19.8 Å². The average molecular weight is 1200 g/mol. The van der Waals surface area contributed by atoms with Crippen LogP contribution < -0.4 is 0 Å². The maximum atomic E-state index is 12.6. The number of ether oxygens (including phenoxy) is 3. The van der Waals surface area contributed by atoms with E-state index in [2.05, 4.69) is 93.7 Å². The van der Waals surface area contributed by atoms with E-state index >= 15 is 0 Å². The molecule has 2 aromatic heterocycles. The summed E-state index contributed by atoms with van der Waals surface area (Å²) in [7, 11) is 0. The van der Waals surface area contributed by atoms with Crippen LogP contribution in [0.15, 0.2) is 104 Å². The van der Waals surface area contributed by atoms with Crippen LogP contribution in [0.3, 0.4) is 0 Å². The molecule has 3 aliphatic rings. The summed E-state index contributed by atoms with van der Waals surface area (Å²) in [6.45, 7) is 38.2. The van der Waals surface area contributed by atoms with Crippen LogP contribution in [0.5, 0.6) is 0 Å². The van der Waals surface area contributed by atoms with E-state index in [0.29, 0.717) is 34.3 Å². The monoisotopic (exact) mass is 1200 g/mol. The standard InChI is InChI=1S/C8H8F2.2C8H9F.C8H16.C8H10.C7H9N.C7H14O.C6H8N2.C6H12O2.9CH4/c1-5-3-4-6(2)8(10)7(5)9;2*1-6-3-4-7(2)8(9)5-6;2*1-7-3-5-8(2)6-4-7;2*1-6-3-4-7(2)8-5-6;2*1-5-3-7-6(2)8-4-5;;;;;;;;;/h3-4H,1-2H3;2*3-5H,1-2H3;7-8H,3-6H2,1-2H3;3-6H,1-2H3;3-5H,1-2H3;6-7H,3-5H2,1-2H3;3-4H,1-2H3;5-6H,3-4H2,1-2H3;9*1H4. The Labute approximate surface area is 524 Å². The number of aromatic nitrogens is 3. The number of aryl methyl sites for hydroxylation is 12. The smallest absolute Gasteiger partial charge is 0.161 e. The van der Waals surface area contributed by atoms with E-state index in [1.165, 1.54) is 81.2 Å². The van der Waals surface area contributed by atoms with Crippen LogP contribution in [0.2, 0.25) is 0 Å². The van der Waals surface area contributed by atoms with Crippen molar-refractivity contribution in [3.05, 3.63) is 194 Å². The molecule has 4 heterocycles. The molecule has 2 aliphatic heterocycles. The lowest BCUT2D eigenvalue weighted by molar-refractivity contribution is -0.187. The first-order chi connectivity index (χ1) is 35.7. The third-order valence-electron chi connectivity index (χ3n) is 12.6. The molecule has 9 rings (SSSR count). The summed E-state index contributed by atoms with van der Waals surface area (Å²) in [5.74, 6) is 2.54. The Morgan fingerprint density at radius 3 is 0.918 bits per heavy atom. The molecule has 492 valence electrons. The van der Waals surface area contributed by atoms with E-state index < -0.39 is 11.6 Å². The van der Waals surface area contributed by atoms with Crippen molar-refractivity contribution < 1.29 is 31.8 Å². The first kappa shape index (κ1) is 98.8. The fourth-order valence-corrected chi connectivity index (χ4v) is 6.91. The van der Waals surface area contributed by atoms with E-state index in [4.69, 9.17) is 14.2 Å². The number of benzene rings is 4. The number of nitrogens with zero attached hydrogens (tertiary/aromatic N) is 3. The van der Waals surface area contributed by atoms with Crippen molar-refractivity contribution in [2.24, 2.45) is 23.7 Å². The molecule has 0 amide bonds. The van der Waals surface area contributed by atoms with Gasteiger partial charge in [-0.15, -0.1) is 0 Å². The largest absolute Gasteiger partial charge is 0.378 e. The molecule has 6 nitrogen and oxygen atoms in total. The van der Waals surface area contributed by atoms with E-state index in [0.717, 1.165) is 65.8 Å². The van der Waals surface area contributed by atoms with E-state index in [1.807, 2.05) is 85.3 Å². The maximum absolute atomic E-state index is 12.6. The molecule has 10 heteroatoms. The Hall–Kier alpha value is -5.29. The van der Waals surface area contributed by atoms with E-state index in [1.54, 1.807) is 38.1 Å². The van der Waals surface area contributed by atoms with Crippen LogP contribution in [-0.2, 0) is 14.2 Å². The average Bonchev–Trinajstić information content (AvgIpc) is 3.39. The van der Waals surface area contributed by atoms with Gasteiger partial charge < -0.3 is 14.2 Å². The van der Waals surface area contributed by atoms with Crippen LogP contribution in [0.25, 0.3) is 0 Å². The highest BCUT2D eigenvalue weighted by molar-refractivity contribution is 5.25. The zero-order chi connectivity index (χ0) is 57.3. The predicted octanol–water partition coefficient (Wildman–Crippen LogP) is 24.0. The highest BCUT2D eigenvalue weighted by Gasteiger charge is 2.15. The van der Waals surface area contributed by atoms with Gasteiger partial charge in [0.25, 0.3) is 0 Å². The molecular formula is C75H131F4N3O3. The third-order valence-corrected chi connectivity index (χ3v) is 12.6. The van der Waals surface area contributed by atoms with Crippen LogP contribution in [-0.4, -0.2) is 47.2 Å². The summed E-state index contributed by atoms with van der Waals surface area (Å²) in [6, 6.07) is 26.1. The second-order valence-electron chi connectivity index (χ2n) is 21.3. The van der Waals surface area contributed by atoms with Crippen molar-refractivity contribution in [1.29, 1.82) is 0 Å². The first-order valence-electron chi connectivity index (χ1n) is 27.1. The Morgan fingerprint density at radius 1 is 0.329 bits per heavy atom. The number of halogens is 4. The Balaban J connectivity index is -0.000000108. The highest BCUT2D eigenvalue weighted by atomic mass is 19.2. The van der Waals surface area contributed by atoms with Gasteiger partial charge in [-0.25, -0.2) is 27.5 Å². The molecular weight excluding hydrogens is 1070 g/mol. The van der Waals surface area contributed by atoms with Gasteiger partial charge in [0.2, 0.25) is 0 Å². The predicted molar refractivity (Wildman–Crippen MR) is 370 cm³/mol. The molecule has 6 aromatic rings. The second-order valence-corrected chi connectivity index (χ2v) is 21.3. The number of hydrogen-bond acceptors (Lipinski definition) is 6. The van der Waals surface area contributed by atoms with Gasteiger partial charge in [0.05, 0.1) is 19.3 Å². The zero-order valence-electron chi connectivity index (χ0n) is 49.7. The third kappa shape index (κ3) is 48.5. The molecule has 0 radical (unpaired) electrons. The molecule has 2 saturated heterocycles. The molecule has 0 bridgehead atoms. The Kier molecular flexibility index (Phi) is 64.3. The lowest BCUT2D eigenvalue weighted by Crippen LogP contribution is -2.27. The van der Waals surface area contributed by atoms with Gasteiger partial charge in [-0.05, 0) is 190 Å². The molecule has 2 atom stereocenters. The topological polar surface area (TPSA) is 66.4 Å². The normalized spacial score (nSPS) is 17.1. The molecule has 0 N–H and O–H groups in total. The van der Waals surface area contributed by atoms with Crippen molar-refractivity contribution in [3.63, 3.8) is 0 Å². The lowest BCUT2D eigenvalue weighted by atomic mass is 9.84. The van der Waals surface area contributed by atoms with E-state index in [9.17, 15) is 17.6 Å². The van der Waals surface area contributed by atoms with Crippen LogP contribution in [0.4, 0.5) is 17.6 Å². The number of rotatable bonds is 0.